The third-order valence-electron chi connectivity index (χ3n) is 3.92. The van der Waals surface area contributed by atoms with Crippen molar-refractivity contribution in [3.63, 3.8) is 0 Å². The van der Waals surface area contributed by atoms with E-state index in [1.54, 1.807) is 21.3 Å². The van der Waals surface area contributed by atoms with Gasteiger partial charge in [0.05, 0.1) is 0 Å². The Morgan fingerprint density at radius 3 is 1.67 bits per heavy atom. The van der Waals surface area contributed by atoms with E-state index >= 15 is 0 Å². The molecule has 0 aliphatic heterocycles. The molecule has 0 heterocycles. The highest BCUT2D eigenvalue weighted by atomic mass is 28.4. The number of aliphatic imine (C=N–C) groups is 1. The molecule has 0 radical (unpaired) electrons. The van der Waals surface area contributed by atoms with Crippen molar-refractivity contribution in [3.05, 3.63) is 0 Å². The average molecular weight is 277 g/mol. The van der Waals surface area contributed by atoms with Gasteiger partial charge in [0.25, 0.3) is 0 Å². The number of nitrogens with two attached hydrogens (primary N) is 2. The summed E-state index contributed by atoms with van der Waals surface area (Å²) < 4.78 is 16.7. The predicted octanol–water partition coefficient (Wildman–Crippen LogP) is 0.944. The van der Waals surface area contributed by atoms with Crippen LogP contribution in [0.5, 0.6) is 0 Å². The number of nitrogens with zero attached hydrogens (tertiary/aromatic N) is 1. The van der Waals surface area contributed by atoms with Crippen molar-refractivity contribution >= 4 is 14.8 Å². The molecule has 0 aromatic carbocycles. The van der Waals surface area contributed by atoms with Gasteiger partial charge in [0.2, 0.25) is 0 Å². The van der Waals surface area contributed by atoms with Crippen LogP contribution < -0.4 is 11.5 Å². The molecule has 6 nitrogen and oxygen atoms in total. The molecular formula is C11H27N3O3Si. The van der Waals surface area contributed by atoms with Crippen LogP contribution in [0.3, 0.4) is 0 Å². The van der Waals surface area contributed by atoms with Crippen LogP contribution >= 0.6 is 0 Å². The summed E-state index contributed by atoms with van der Waals surface area (Å²) in [5.41, 5.74) is 10.5. The van der Waals surface area contributed by atoms with Gasteiger partial charge in [-0.2, -0.15) is 0 Å². The fraction of sp³-hybridized carbons (Fsp3) is 0.909. The highest BCUT2D eigenvalue weighted by molar-refractivity contribution is 6.64. The Morgan fingerprint density at radius 1 is 1.00 bits per heavy atom. The zero-order valence-corrected chi connectivity index (χ0v) is 13.5. The van der Waals surface area contributed by atoms with E-state index in [1.807, 2.05) is 0 Å². The van der Waals surface area contributed by atoms with Crippen molar-refractivity contribution in [3.8, 4) is 0 Å². The second-order valence-electron chi connectivity index (χ2n) is 5.42. The topological polar surface area (TPSA) is 92.1 Å². The summed E-state index contributed by atoms with van der Waals surface area (Å²) in [6.07, 6.45) is 0. The molecule has 0 aromatic heterocycles. The van der Waals surface area contributed by atoms with Gasteiger partial charge in [-0.1, -0.05) is 27.7 Å². The van der Waals surface area contributed by atoms with Gasteiger partial charge in [-0.15, -0.1) is 0 Å². The first-order valence-corrected chi connectivity index (χ1v) is 7.53. The monoisotopic (exact) mass is 277 g/mol. The van der Waals surface area contributed by atoms with Crippen molar-refractivity contribution in [2.24, 2.45) is 21.9 Å². The van der Waals surface area contributed by atoms with Crippen molar-refractivity contribution in [1.29, 1.82) is 0 Å². The minimum atomic E-state index is -2.80. The van der Waals surface area contributed by atoms with Gasteiger partial charge in [-0.05, 0) is 5.41 Å². The lowest BCUT2D eigenvalue weighted by Gasteiger charge is -2.48. The van der Waals surface area contributed by atoms with Gasteiger partial charge in [0.15, 0.2) is 5.96 Å². The summed E-state index contributed by atoms with van der Waals surface area (Å²) in [4.78, 5) is 4.11. The largest absolute Gasteiger partial charge is 0.506 e. The standard InChI is InChI=1S/C11H27N3O3Si/c1-10(2,8-14-9(12)13)11(3,4)18(15-5,16-6)17-7/h8H2,1-7H3,(H4,12,13,14). The molecule has 4 N–H and O–H groups in total. The van der Waals surface area contributed by atoms with Crippen LogP contribution in [0.25, 0.3) is 0 Å². The molecular weight excluding hydrogens is 250 g/mol. The second kappa shape index (κ2) is 6.01. The Labute approximate surface area is 111 Å². The molecule has 0 spiro atoms. The van der Waals surface area contributed by atoms with E-state index in [1.165, 1.54) is 0 Å². The highest BCUT2D eigenvalue weighted by Crippen LogP contribution is 2.52. The van der Waals surface area contributed by atoms with Crippen LogP contribution in [0.1, 0.15) is 27.7 Å². The minimum absolute atomic E-state index is 0.0818. The van der Waals surface area contributed by atoms with Gasteiger partial charge in [0.1, 0.15) is 0 Å². The molecule has 108 valence electrons. The predicted molar refractivity (Wildman–Crippen MR) is 75.3 cm³/mol. The first-order chi connectivity index (χ1) is 8.10. The molecule has 0 aliphatic rings. The Morgan fingerprint density at radius 2 is 1.39 bits per heavy atom. The van der Waals surface area contributed by atoms with Crippen molar-refractivity contribution in [1.82, 2.24) is 0 Å². The summed E-state index contributed by atoms with van der Waals surface area (Å²) in [6.45, 7) is 8.72. The van der Waals surface area contributed by atoms with E-state index in [0.717, 1.165) is 0 Å². The summed E-state index contributed by atoms with van der Waals surface area (Å²) in [6, 6.07) is 0. The number of rotatable bonds is 7. The van der Waals surface area contributed by atoms with Gasteiger partial charge in [-0.3, -0.25) is 4.99 Å². The molecule has 0 fully saturated rings. The summed E-state index contributed by atoms with van der Waals surface area (Å²) in [5, 5.41) is -0.350. The smallest absolute Gasteiger partial charge is 0.377 e. The van der Waals surface area contributed by atoms with Crippen LogP contribution in [0, 0.1) is 5.41 Å². The summed E-state index contributed by atoms with van der Waals surface area (Å²) in [5.74, 6) is 0.0818. The first kappa shape index (κ1) is 17.4. The van der Waals surface area contributed by atoms with Crippen molar-refractivity contribution in [2.75, 3.05) is 27.9 Å². The molecule has 0 aliphatic carbocycles. The lowest BCUT2D eigenvalue weighted by Crippen LogP contribution is -2.58. The quantitative estimate of drug-likeness (QED) is 0.410. The highest BCUT2D eigenvalue weighted by Gasteiger charge is 2.60. The maximum Gasteiger partial charge on any atom is 0.506 e. The molecule has 0 unspecified atom stereocenters. The molecule has 0 atom stereocenters. The number of hydrogen-bond acceptors (Lipinski definition) is 4. The van der Waals surface area contributed by atoms with Crippen molar-refractivity contribution in [2.45, 2.75) is 32.7 Å². The first-order valence-electron chi connectivity index (χ1n) is 5.81. The zero-order chi connectivity index (χ0) is 14.6. The van der Waals surface area contributed by atoms with Gasteiger partial charge < -0.3 is 24.7 Å². The van der Waals surface area contributed by atoms with Gasteiger partial charge >= 0.3 is 8.80 Å². The summed E-state index contributed by atoms with van der Waals surface area (Å²) in [7, 11) is 2.02. The van der Waals surface area contributed by atoms with Gasteiger partial charge in [0, 0.05) is 32.9 Å². The molecule has 0 saturated carbocycles. The van der Waals surface area contributed by atoms with E-state index in [4.69, 9.17) is 24.7 Å². The van der Waals surface area contributed by atoms with Crippen LogP contribution in [0.15, 0.2) is 4.99 Å². The average Bonchev–Trinajstić information content (AvgIpc) is 2.29. The van der Waals surface area contributed by atoms with E-state index in [-0.39, 0.29) is 16.4 Å². The molecule has 0 aromatic rings. The minimum Gasteiger partial charge on any atom is -0.377 e. The molecule has 0 bridgehead atoms. The fourth-order valence-corrected chi connectivity index (χ4v) is 4.86. The summed E-state index contributed by atoms with van der Waals surface area (Å²) >= 11 is 0. The molecule has 0 amide bonds. The lowest BCUT2D eigenvalue weighted by atomic mass is 9.80. The third kappa shape index (κ3) is 3.03. The van der Waals surface area contributed by atoms with Crippen molar-refractivity contribution < 1.29 is 13.3 Å². The normalized spacial score (nSPS) is 13.5. The Bertz CT molecular complexity index is 290. The van der Waals surface area contributed by atoms with E-state index in [2.05, 4.69) is 32.7 Å². The SMILES string of the molecule is CO[Si](OC)(OC)C(C)(C)C(C)(C)CN=C(N)N. The van der Waals surface area contributed by atoms with E-state index in [9.17, 15) is 0 Å². The van der Waals surface area contributed by atoms with E-state index in [0.29, 0.717) is 6.54 Å². The lowest BCUT2D eigenvalue weighted by molar-refractivity contribution is 0.0621. The number of hydrogen-bond donors (Lipinski definition) is 2. The Kier molecular flexibility index (Phi) is 5.79. The Balaban J connectivity index is 5.38. The maximum atomic E-state index is 5.58. The maximum absolute atomic E-state index is 5.58. The van der Waals surface area contributed by atoms with Crippen LogP contribution in [-0.4, -0.2) is 42.6 Å². The molecule has 7 heteroatoms. The third-order valence-corrected chi connectivity index (χ3v) is 7.74. The van der Waals surface area contributed by atoms with E-state index < -0.39 is 8.80 Å². The molecule has 18 heavy (non-hydrogen) atoms. The van der Waals surface area contributed by atoms with Crippen LogP contribution in [-0.2, 0) is 13.3 Å². The van der Waals surface area contributed by atoms with Crippen LogP contribution in [0.2, 0.25) is 5.04 Å². The van der Waals surface area contributed by atoms with Crippen LogP contribution in [0.4, 0.5) is 0 Å². The zero-order valence-electron chi connectivity index (χ0n) is 12.5. The fourth-order valence-electron chi connectivity index (χ4n) is 1.92. The van der Waals surface area contributed by atoms with Gasteiger partial charge in [-0.25, -0.2) is 0 Å². The number of guanidine groups is 1. The second-order valence-corrected chi connectivity index (χ2v) is 9.01. The molecule has 0 rings (SSSR count). The molecule has 0 saturated heterocycles. The Hall–Kier alpha value is -0.633.